The monoisotopic (exact) mass is 252 g/mol. The average molecular weight is 253 g/mol. The maximum atomic E-state index is 8.82. The van der Waals surface area contributed by atoms with Gasteiger partial charge in [-0.2, -0.15) is 5.26 Å². The summed E-state index contributed by atoms with van der Waals surface area (Å²) in [5.74, 6) is 0.570. The number of nitriles is 1. The molecule has 0 amide bonds. The molecule has 0 bridgehead atoms. The zero-order valence-corrected chi connectivity index (χ0v) is 10.9. The van der Waals surface area contributed by atoms with Crippen LogP contribution in [0.3, 0.4) is 0 Å². The Kier molecular flexibility index (Phi) is 5.82. The maximum absolute atomic E-state index is 8.82. The van der Waals surface area contributed by atoms with E-state index in [-0.39, 0.29) is 0 Å². The van der Waals surface area contributed by atoms with Crippen molar-refractivity contribution in [2.24, 2.45) is 0 Å². The molecule has 0 aliphatic rings. The number of benzene rings is 1. The van der Waals surface area contributed by atoms with E-state index >= 15 is 0 Å². The Bertz CT molecular complexity index is 401. The highest BCUT2D eigenvalue weighted by atomic mass is 35.5. The van der Waals surface area contributed by atoms with Crippen LogP contribution in [-0.2, 0) is 6.54 Å². The summed E-state index contributed by atoms with van der Waals surface area (Å²) >= 11 is 6.10. The van der Waals surface area contributed by atoms with E-state index in [1.54, 1.807) is 0 Å². The van der Waals surface area contributed by atoms with Crippen LogP contribution < -0.4 is 10.1 Å². The Morgan fingerprint density at radius 2 is 2.24 bits per heavy atom. The van der Waals surface area contributed by atoms with Crippen molar-refractivity contribution in [2.45, 2.75) is 32.9 Å². The molecule has 0 saturated carbocycles. The Hall–Kier alpha value is -1.24. The van der Waals surface area contributed by atoms with Gasteiger partial charge in [0.05, 0.1) is 5.02 Å². The number of nitrogens with one attached hydrogen (secondary N) is 1. The molecule has 1 unspecified atom stereocenters. The van der Waals surface area contributed by atoms with E-state index in [0.717, 1.165) is 18.7 Å². The molecule has 0 radical (unpaired) electrons. The van der Waals surface area contributed by atoms with Gasteiger partial charge in [0.1, 0.15) is 11.8 Å². The highest BCUT2D eigenvalue weighted by Crippen LogP contribution is 2.26. The van der Waals surface area contributed by atoms with Gasteiger partial charge in [-0.25, -0.2) is 0 Å². The second-order valence-electron chi connectivity index (χ2n) is 3.69. The minimum absolute atomic E-state index is 0.438. The third-order valence-corrected chi connectivity index (χ3v) is 2.65. The first-order valence-electron chi connectivity index (χ1n) is 5.76. The minimum Gasteiger partial charge on any atom is -0.474 e. The molecule has 0 saturated heterocycles. The van der Waals surface area contributed by atoms with E-state index in [9.17, 15) is 0 Å². The van der Waals surface area contributed by atoms with Gasteiger partial charge in [-0.15, -0.1) is 0 Å². The van der Waals surface area contributed by atoms with Crippen molar-refractivity contribution in [3.05, 3.63) is 28.8 Å². The Morgan fingerprint density at radius 1 is 1.47 bits per heavy atom. The third kappa shape index (κ3) is 4.26. The van der Waals surface area contributed by atoms with E-state index in [1.807, 2.05) is 25.1 Å². The lowest BCUT2D eigenvalue weighted by molar-refractivity contribution is 0.252. The normalized spacial score (nSPS) is 11.9. The number of halogens is 1. The highest BCUT2D eigenvalue weighted by Gasteiger charge is 2.09. The van der Waals surface area contributed by atoms with Gasteiger partial charge in [-0.1, -0.05) is 31.5 Å². The summed E-state index contributed by atoms with van der Waals surface area (Å²) in [6.45, 7) is 5.66. The predicted molar refractivity (Wildman–Crippen MR) is 69.2 cm³/mol. The van der Waals surface area contributed by atoms with Crippen LogP contribution >= 0.6 is 11.6 Å². The molecule has 0 heterocycles. The third-order valence-electron chi connectivity index (χ3n) is 2.36. The molecule has 1 aromatic carbocycles. The predicted octanol–water partition coefficient (Wildman–Crippen LogP) is 3.13. The van der Waals surface area contributed by atoms with Gasteiger partial charge < -0.3 is 10.1 Å². The number of hydrogen-bond acceptors (Lipinski definition) is 3. The van der Waals surface area contributed by atoms with Gasteiger partial charge in [0, 0.05) is 6.54 Å². The molecule has 3 nitrogen and oxygen atoms in total. The molecule has 1 aromatic rings. The summed E-state index contributed by atoms with van der Waals surface area (Å²) in [6.07, 6.45) is 0.207. The van der Waals surface area contributed by atoms with E-state index in [2.05, 4.69) is 18.3 Å². The molecule has 0 aliphatic heterocycles. The van der Waals surface area contributed by atoms with Crippen LogP contribution in [0, 0.1) is 11.3 Å². The van der Waals surface area contributed by atoms with E-state index < -0.39 is 6.10 Å². The molecule has 4 heteroatoms. The van der Waals surface area contributed by atoms with Gasteiger partial charge in [0.25, 0.3) is 0 Å². The van der Waals surface area contributed by atoms with Gasteiger partial charge in [0.2, 0.25) is 0 Å². The van der Waals surface area contributed by atoms with E-state index in [0.29, 0.717) is 17.2 Å². The van der Waals surface area contributed by atoms with Crippen LogP contribution in [0.2, 0.25) is 5.02 Å². The standard InChI is InChI=1S/C13H17ClN2O/c1-3-11(8-15)17-13-6-5-10(7-12(13)14)9-16-4-2/h5-7,11,16H,3-4,9H2,1-2H3. The van der Waals surface area contributed by atoms with Crippen molar-refractivity contribution in [1.82, 2.24) is 5.32 Å². The van der Waals surface area contributed by atoms with Crippen LogP contribution in [0.15, 0.2) is 18.2 Å². The summed E-state index contributed by atoms with van der Waals surface area (Å²) in [5.41, 5.74) is 1.11. The first-order chi connectivity index (χ1) is 8.21. The summed E-state index contributed by atoms with van der Waals surface area (Å²) in [5, 5.41) is 12.6. The van der Waals surface area contributed by atoms with Gasteiger partial charge in [-0.05, 0) is 30.7 Å². The summed E-state index contributed by atoms with van der Waals surface area (Å²) in [7, 11) is 0. The van der Waals surface area contributed by atoms with Crippen molar-refractivity contribution in [1.29, 1.82) is 5.26 Å². The largest absolute Gasteiger partial charge is 0.474 e. The molecule has 1 N–H and O–H groups in total. The summed E-state index contributed by atoms with van der Waals surface area (Å²) in [4.78, 5) is 0. The summed E-state index contributed by atoms with van der Waals surface area (Å²) < 4.78 is 5.49. The first-order valence-corrected chi connectivity index (χ1v) is 6.14. The fourth-order valence-corrected chi connectivity index (χ4v) is 1.62. The quantitative estimate of drug-likeness (QED) is 0.846. The smallest absolute Gasteiger partial charge is 0.184 e. The highest BCUT2D eigenvalue weighted by molar-refractivity contribution is 6.32. The molecule has 0 aromatic heterocycles. The second-order valence-corrected chi connectivity index (χ2v) is 4.10. The van der Waals surface area contributed by atoms with Crippen molar-refractivity contribution in [2.75, 3.05) is 6.54 Å². The summed E-state index contributed by atoms with van der Waals surface area (Å²) in [6, 6.07) is 7.71. The Morgan fingerprint density at radius 3 is 2.76 bits per heavy atom. The van der Waals surface area contributed by atoms with Gasteiger partial charge in [0.15, 0.2) is 6.10 Å². The maximum Gasteiger partial charge on any atom is 0.184 e. The molecule has 17 heavy (non-hydrogen) atoms. The number of ether oxygens (including phenoxy) is 1. The number of hydrogen-bond donors (Lipinski definition) is 1. The van der Waals surface area contributed by atoms with Gasteiger partial charge >= 0.3 is 0 Å². The van der Waals surface area contributed by atoms with Gasteiger partial charge in [-0.3, -0.25) is 0 Å². The lowest BCUT2D eigenvalue weighted by Crippen LogP contribution is -2.13. The van der Waals surface area contributed by atoms with Crippen molar-refractivity contribution < 1.29 is 4.74 Å². The molecule has 1 rings (SSSR count). The SMILES string of the molecule is CCNCc1ccc(OC(C#N)CC)c(Cl)c1. The number of nitrogens with zero attached hydrogens (tertiary/aromatic N) is 1. The zero-order valence-electron chi connectivity index (χ0n) is 10.2. The van der Waals surface area contributed by atoms with E-state index in [4.69, 9.17) is 21.6 Å². The average Bonchev–Trinajstić information content (AvgIpc) is 2.35. The molecule has 0 fully saturated rings. The van der Waals surface area contributed by atoms with Crippen LogP contribution in [-0.4, -0.2) is 12.6 Å². The topological polar surface area (TPSA) is 45.0 Å². The lowest BCUT2D eigenvalue weighted by Gasteiger charge is -2.12. The molecule has 1 atom stereocenters. The van der Waals surface area contributed by atoms with Crippen molar-refractivity contribution >= 4 is 11.6 Å². The van der Waals surface area contributed by atoms with Crippen LogP contribution in [0.1, 0.15) is 25.8 Å². The van der Waals surface area contributed by atoms with Crippen LogP contribution in [0.5, 0.6) is 5.75 Å². The zero-order chi connectivity index (χ0) is 12.7. The number of rotatable bonds is 6. The minimum atomic E-state index is -0.438. The Balaban J connectivity index is 2.72. The second kappa shape index (κ2) is 7.16. The first kappa shape index (κ1) is 13.8. The molecular weight excluding hydrogens is 236 g/mol. The fourth-order valence-electron chi connectivity index (χ4n) is 1.37. The fraction of sp³-hybridized carbons (Fsp3) is 0.462. The lowest BCUT2D eigenvalue weighted by atomic mass is 10.2. The van der Waals surface area contributed by atoms with Crippen molar-refractivity contribution in [3.63, 3.8) is 0 Å². The van der Waals surface area contributed by atoms with Crippen molar-refractivity contribution in [3.8, 4) is 11.8 Å². The van der Waals surface area contributed by atoms with E-state index in [1.165, 1.54) is 0 Å². The van der Waals surface area contributed by atoms with Crippen LogP contribution in [0.25, 0.3) is 0 Å². The molecule has 0 aliphatic carbocycles. The molecule has 0 spiro atoms. The molecular formula is C13H17ClN2O. The Labute approximate surface area is 107 Å². The van der Waals surface area contributed by atoms with Crippen LogP contribution in [0.4, 0.5) is 0 Å². The molecule has 92 valence electrons.